The van der Waals surface area contributed by atoms with Crippen molar-refractivity contribution >= 4 is 17.9 Å². The highest BCUT2D eigenvalue weighted by atomic mass is 16.4. The Hall–Kier alpha value is -1.89. The molecule has 0 rings (SSSR count). The lowest BCUT2D eigenvalue weighted by molar-refractivity contribution is -0.934. The molecule has 0 heterocycles. The summed E-state index contributed by atoms with van der Waals surface area (Å²) in [5.41, 5.74) is 0. The number of hydrogen-bond donors (Lipinski definition) is 3. The number of carbonyl (C=O) groups is 3. The number of rotatable bonds is 21. The van der Waals surface area contributed by atoms with Crippen molar-refractivity contribution in [3.8, 4) is 0 Å². The lowest BCUT2D eigenvalue weighted by Gasteiger charge is -2.42. The van der Waals surface area contributed by atoms with Gasteiger partial charge < -0.3 is 19.8 Å². The molecule has 7 nitrogen and oxygen atoms in total. The van der Waals surface area contributed by atoms with Gasteiger partial charge in [0.2, 0.25) is 0 Å². The maximum absolute atomic E-state index is 11.5. The Morgan fingerprint density at radius 3 is 1.39 bits per heavy atom. The molecule has 0 aliphatic heterocycles. The van der Waals surface area contributed by atoms with Gasteiger partial charge in [0.15, 0.2) is 0 Å². The van der Waals surface area contributed by atoms with Crippen LogP contribution in [0.3, 0.4) is 0 Å². The number of quaternary nitrogens is 1. The molecule has 0 radical (unpaired) electrons. The molecular formula is C26H48NO6+. The third-order valence-electron chi connectivity index (χ3n) is 6.39. The fourth-order valence-corrected chi connectivity index (χ4v) is 4.46. The number of aliphatic carboxylic acids is 3. The average Bonchev–Trinajstić information content (AvgIpc) is 2.74. The number of unbranched alkanes of at least 4 members (excludes halogenated alkanes) is 8. The van der Waals surface area contributed by atoms with Crippen LogP contribution in [0, 0.1) is 17.8 Å². The van der Waals surface area contributed by atoms with Crippen LogP contribution < -0.4 is 0 Å². The molecule has 33 heavy (non-hydrogen) atoms. The van der Waals surface area contributed by atoms with Gasteiger partial charge in [-0.1, -0.05) is 51.2 Å². The predicted molar refractivity (Wildman–Crippen MR) is 131 cm³/mol. The molecule has 3 N–H and O–H groups in total. The second-order valence-corrected chi connectivity index (χ2v) is 9.85. The van der Waals surface area contributed by atoms with Crippen molar-refractivity contribution in [2.24, 2.45) is 17.8 Å². The van der Waals surface area contributed by atoms with Gasteiger partial charge in [-0.25, -0.2) is 0 Å². The molecule has 0 bridgehead atoms. The van der Waals surface area contributed by atoms with Crippen LogP contribution in [0.1, 0.15) is 91.9 Å². The largest absolute Gasteiger partial charge is 0.481 e. The van der Waals surface area contributed by atoms with E-state index in [-0.39, 0.29) is 24.1 Å². The number of nitrogens with zero attached hydrogens (tertiary/aromatic N) is 1. The first kappa shape index (κ1) is 31.1. The van der Waals surface area contributed by atoms with E-state index in [1.54, 1.807) is 20.8 Å². The summed E-state index contributed by atoms with van der Waals surface area (Å²) in [6.45, 7) is 8.33. The maximum atomic E-state index is 11.5. The molecule has 0 amide bonds. The number of carboxylic acid groups (broad SMARTS) is 3. The Bertz CT molecular complexity index is 549. The van der Waals surface area contributed by atoms with Crippen LogP contribution in [0.2, 0.25) is 0 Å². The highest BCUT2D eigenvalue weighted by Gasteiger charge is 2.38. The second kappa shape index (κ2) is 17.6. The van der Waals surface area contributed by atoms with E-state index in [0.29, 0.717) is 6.54 Å². The molecule has 0 saturated heterocycles. The van der Waals surface area contributed by atoms with E-state index >= 15 is 0 Å². The van der Waals surface area contributed by atoms with E-state index in [1.807, 2.05) is 0 Å². The number of allylic oxidation sites excluding steroid dienone is 2. The normalized spacial score (nSPS) is 16.2. The minimum Gasteiger partial charge on any atom is -0.481 e. The molecule has 0 aromatic rings. The molecule has 192 valence electrons. The molecule has 0 fully saturated rings. The highest BCUT2D eigenvalue weighted by molar-refractivity contribution is 5.70. The summed E-state index contributed by atoms with van der Waals surface area (Å²) in [5.74, 6) is -4.86. The van der Waals surface area contributed by atoms with Gasteiger partial charge in [0.25, 0.3) is 0 Å². The van der Waals surface area contributed by atoms with Crippen molar-refractivity contribution < 1.29 is 34.2 Å². The zero-order chi connectivity index (χ0) is 25.3. The zero-order valence-corrected chi connectivity index (χ0v) is 21.3. The Kier molecular flexibility index (Phi) is 16.6. The van der Waals surface area contributed by atoms with E-state index < -0.39 is 35.7 Å². The van der Waals surface area contributed by atoms with Crippen LogP contribution in [-0.2, 0) is 14.4 Å². The van der Waals surface area contributed by atoms with Gasteiger partial charge >= 0.3 is 17.9 Å². The van der Waals surface area contributed by atoms with Gasteiger partial charge in [0.05, 0.1) is 26.2 Å². The Morgan fingerprint density at radius 2 is 1.00 bits per heavy atom. The van der Waals surface area contributed by atoms with Crippen LogP contribution in [0.4, 0.5) is 0 Å². The van der Waals surface area contributed by atoms with Gasteiger partial charge in [-0.15, -0.1) is 0 Å². The lowest BCUT2D eigenvalue weighted by atomic mass is 10.0. The van der Waals surface area contributed by atoms with E-state index in [0.717, 1.165) is 25.7 Å². The van der Waals surface area contributed by atoms with Gasteiger partial charge in [-0.2, -0.15) is 0 Å². The maximum Gasteiger partial charge on any atom is 0.311 e. The van der Waals surface area contributed by atoms with E-state index in [2.05, 4.69) is 19.1 Å². The summed E-state index contributed by atoms with van der Waals surface area (Å²) in [7, 11) is 0. The molecule has 0 aromatic heterocycles. The summed E-state index contributed by atoms with van der Waals surface area (Å²) in [4.78, 5) is 34.6. The summed E-state index contributed by atoms with van der Waals surface area (Å²) in [5, 5.41) is 28.4. The Labute approximate surface area is 200 Å². The van der Waals surface area contributed by atoms with E-state index in [9.17, 15) is 29.7 Å². The van der Waals surface area contributed by atoms with E-state index in [4.69, 9.17) is 0 Å². The third-order valence-corrected chi connectivity index (χ3v) is 6.39. The van der Waals surface area contributed by atoms with Crippen LogP contribution in [0.25, 0.3) is 0 Å². The highest BCUT2D eigenvalue weighted by Crippen LogP contribution is 2.22. The van der Waals surface area contributed by atoms with Crippen molar-refractivity contribution in [3.63, 3.8) is 0 Å². The summed E-state index contributed by atoms with van der Waals surface area (Å²) < 4.78 is 0.204. The lowest BCUT2D eigenvalue weighted by Crippen LogP contribution is -2.57. The molecule has 0 aliphatic carbocycles. The summed E-state index contributed by atoms with van der Waals surface area (Å²) in [6.07, 6.45) is 15.8. The SMILES string of the molecule is CCCCCCCC/C=C/CCCC[N+](CC(C)C(=O)O)(CC(C)C(=O)O)CC(C)C(=O)O. The first-order valence-electron chi connectivity index (χ1n) is 12.7. The summed E-state index contributed by atoms with van der Waals surface area (Å²) in [6, 6.07) is 0. The van der Waals surface area contributed by atoms with Crippen LogP contribution in [-0.4, -0.2) is 63.9 Å². The Balaban J connectivity index is 4.92. The zero-order valence-electron chi connectivity index (χ0n) is 21.3. The number of carboxylic acids is 3. The fraction of sp³-hybridized carbons (Fsp3) is 0.808. The van der Waals surface area contributed by atoms with Gasteiger partial charge in [-0.3, -0.25) is 14.4 Å². The fourth-order valence-electron chi connectivity index (χ4n) is 4.46. The molecule has 0 aromatic carbocycles. The van der Waals surface area contributed by atoms with Crippen molar-refractivity contribution in [2.45, 2.75) is 91.9 Å². The molecule has 7 heteroatoms. The van der Waals surface area contributed by atoms with Crippen LogP contribution in [0.15, 0.2) is 12.2 Å². The molecule has 3 atom stereocenters. The van der Waals surface area contributed by atoms with Crippen molar-refractivity contribution in [2.75, 3.05) is 26.2 Å². The molecular weight excluding hydrogens is 422 g/mol. The molecule has 3 unspecified atom stereocenters. The van der Waals surface area contributed by atoms with Crippen LogP contribution in [0.5, 0.6) is 0 Å². The van der Waals surface area contributed by atoms with Gasteiger partial charge in [0.1, 0.15) is 17.8 Å². The predicted octanol–water partition coefficient (Wildman–Crippen LogP) is 5.44. The van der Waals surface area contributed by atoms with Crippen LogP contribution >= 0.6 is 0 Å². The topological polar surface area (TPSA) is 112 Å². The van der Waals surface area contributed by atoms with E-state index in [1.165, 1.54) is 38.5 Å². The van der Waals surface area contributed by atoms with Gasteiger partial charge in [-0.05, 0) is 52.9 Å². The van der Waals surface area contributed by atoms with Crippen molar-refractivity contribution in [1.82, 2.24) is 0 Å². The third kappa shape index (κ3) is 14.8. The van der Waals surface area contributed by atoms with Gasteiger partial charge in [0, 0.05) is 0 Å². The second-order valence-electron chi connectivity index (χ2n) is 9.85. The minimum atomic E-state index is -0.943. The molecule has 0 saturated carbocycles. The number of hydrogen-bond acceptors (Lipinski definition) is 3. The average molecular weight is 471 g/mol. The first-order chi connectivity index (χ1) is 15.5. The smallest absolute Gasteiger partial charge is 0.311 e. The quantitative estimate of drug-likeness (QED) is 0.117. The minimum absolute atomic E-state index is 0.204. The van der Waals surface area contributed by atoms with Crippen molar-refractivity contribution in [3.05, 3.63) is 12.2 Å². The monoisotopic (exact) mass is 470 g/mol. The molecule has 0 spiro atoms. The standard InChI is InChI=1S/C26H47NO6/c1-5-6-7-8-9-10-11-12-13-14-15-16-17-27(18-21(2)24(28)29,19-22(3)25(30)31)20-23(4)26(32)33/h12-13,21-23H,5-11,14-20H2,1-4H3,(H2-,28,29,30,31,32,33)/p+1/b13-12+. The molecule has 0 aliphatic rings. The summed E-state index contributed by atoms with van der Waals surface area (Å²) >= 11 is 0. The van der Waals surface area contributed by atoms with Crippen molar-refractivity contribution in [1.29, 1.82) is 0 Å². The first-order valence-corrected chi connectivity index (χ1v) is 12.7. The Morgan fingerprint density at radius 1 is 0.636 bits per heavy atom.